The summed E-state index contributed by atoms with van der Waals surface area (Å²) < 4.78 is 0. The van der Waals surface area contributed by atoms with E-state index in [9.17, 15) is 0 Å². The second kappa shape index (κ2) is 9.91. The Morgan fingerprint density at radius 2 is 0.677 bits per heavy atom. The second-order valence-electron chi connectivity index (χ2n) is 8.26. The highest BCUT2D eigenvalue weighted by Gasteiger charge is 2.46. The maximum Gasteiger partial charge on any atom is 0.0261 e. The summed E-state index contributed by atoms with van der Waals surface area (Å²) in [5.41, 5.74) is 0. The molecule has 0 spiro atoms. The Hall–Kier alpha value is -2.26. The van der Waals surface area contributed by atoms with Crippen molar-refractivity contribution in [3.63, 3.8) is 0 Å². The van der Waals surface area contributed by atoms with Crippen LogP contribution in [0, 0.1) is 5.92 Å². The standard InChI is InChI=1S/C29H30P2/c1-24(2)29(3,30(25-16-8-4-9-17-25)26-18-10-5-11-19-26)31(27-20-12-6-13-21-27)28-22-14-7-15-23-28/h4-24H,1-3H3. The van der Waals surface area contributed by atoms with Gasteiger partial charge in [0.1, 0.15) is 0 Å². The largest absolute Gasteiger partial charge is 0.0622 e. The third-order valence-corrected chi connectivity index (χ3v) is 13.4. The van der Waals surface area contributed by atoms with Gasteiger partial charge in [0.2, 0.25) is 0 Å². The molecule has 0 fully saturated rings. The van der Waals surface area contributed by atoms with E-state index in [-0.39, 0.29) is 4.90 Å². The van der Waals surface area contributed by atoms with Gasteiger partial charge in [0, 0.05) is 4.90 Å². The van der Waals surface area contributed by atoms with Crippen molar-refractivity contribution in [3.8, 4) is 0 Å². The molecule has 0 radical (unpaired) electrons. The van der Waals surface area contributed by atoms with Crippen LogP contribution in [0.5, 0.6) is 0 Å². The lowest BCUT2D eigenvalue weighted by atomic mass is 10.1. The Kier molecular flexibility index (Phi) is 7.02. The van der Waals surface area contributed by atoms with Gasteiger partial charge < -0.3 is 0 Å². The summed E-state index contributed by atoms with van der Waals surface area (Å²) in [4.78, 5) is 0.0794. The number of hydrogen-bond acceptors (Lipinski definition) is 0. The van der Waals surface area contributed by atoms with Crippen LogP contribution < -0.4 is 21.2 Å². The summed E-state index contributed by atoms with van der Waals surface area (Å²) in [5.74, 6) is 0.505. The van der Waals surface area contributed by atoms with Gasteiger partial charge in [0.05, 0.1) is 0 Å². The van der Waals surface area contributed by atoms with Crippen molar-refractivity contribution in [1.29, 1.82) is 0 Å². The molecule has 0 saturated heterocycles. The molecule has 4 aromatic carbocycles. The lowest BCUT2D eigenvalue weighted by Gasteiger charge is -2.48. The molecular formula is C29H30P2. The summed E-state index contributed by atoms with van der Waals surface area (Å²) in [6, 6.07) is 44.8. The smallest absolute Gasteiger partial charge is 0.0261 e. The Morgan fingerprint density at radius 1 is 0.452 bits per heavy atom. The van der Waals surface area contributed by atoms with Crippen molar-refractivity contribution in [2.45, 2.75) is 25.7 Å². The normalized spacial score (nSPS) is 11.9. The highest BCUT2D eigenvalue weighted by molar-refractivity contribution is 7.90. The van der Waals surface area contributed by atoms with Crippen molar-refractivity contribution in [3.05, 3.63) is 121 Å². The Balaban J connectivity index is 2.00. The van der Waals surface area contributed by atoms with Crippen LogP contribution in [0.15, 0.2) is 121 Å². The fraction of sp³-hybridized carbons (Fsp3) is 0.172. The van der Waals surface area contributed by atoms with Gasteiger partial charge in [-0.25, -0.2) is 0 Å². The first-order valence-corrected chi connectivity index (χ1v) is 13.6. The van der Waals surface area contributed by atoms with Crippen molar-refractivity contribution in [2.24, 2.45) is 5.92 Å². The third kappa shape index (κ3) is 4.52. The van der Waals surface area contributed by atoms with E-state index in [1.807, 2.05) is 0 Å². The molecule has 0 aromatic heterocycles. The first kappa shape index (κ1) is 22.0. The molecule has 0 nitrogen and oxygen atoms in total. The van der Waals surface area contributed by atoms with E-state index in [0.29, 0.717) is 5.92 Å². The van der Waals surface area contributed by atoms with Crippen LogP contribution in [0.25, 0.3) is 0 Å². The lowest BCUT2D eigenvalue weighted by Crippen LogP contribution is -2.40. The van der Waals surface area contributed by atoms with Gasteiger partial charge in [-0.3, -0.25) is 0 Å². The van der Waals surface area contributed by atoms with Gasteiger partial charge >= 0.3 is 0 Å². The summed E-state index contributed by atoms with van der Waals surface area (Å²) >= 11 is 0. The van der Waals surface area contributed by atoms with Gasteiger partial charge in [-0.05, 0) is 43.0 Å². The molecule has 4 rings (SSSR count). The zero-order valence-corrected chi connectivity index (χ0v) is 20.3. The molecular weight excluding hydrogens is 410 g/mol. The molecule has 0 atom stereocenters. The maximum absolute atomic E-state index is 2.55. The van der Waals surface area contributed by atoms with E-state index in [0.717, 1.165) is 0 Å². The van der Waals surface area contributed by atoms with Crippen molar-refractivity contribution in [1.82, 2.24) is 0 Å². The first-order chi connectivity index (χ1) is 15.1. The first-order valence-electron chi connectivity index (χ1n) is 10.9. The molecule has 4 aromatic rings. The minimum absolute atomic E-state index is 0.0794. The van der Waals surface area contributed by atoms with E-state index in [1.165, 1.54) is 21.2 Å². The summed E-state index contributed by atoms with van der Waals surface area (Å²) in [7, 11) is -1.19. The van der Waals surface area contributed by atoms with Gasteiger partial charge in [0.15, 0.2) is 0 Å². The van der Waals surface area contributed by atoms with Gasteiger partial charge in [-0.1, -0.05) is 142 Å². The maximum atomic E-state index is 2.55. The monoisotopic (exact) mass is 440 g/mol. The highest BCUT2D eigenvalue weighted by Crippen LogP contribution is 2.67. The zero-order chi connectivity index (χ0) is 21.7. The highest BCUT2D eigenvalue weighted by atomic mass is 31.2. The average Bonchev–Trinajstić information content (AvgIpc) is 2.82. The van der Waals surface area contributed by atoms with Crippen LogP contribution in [0.1, 0.15) is 20.8 Å². The van der Waals surface area contributed by atoms with E-state index in [4.69, 9.17) is 0 Å². The Labute approximate surface area is 189 Å². The van der Waals surface area contributed by atoms with Crippen LogP contribution in [0.4, 0.5) is 0 Å². The van der Waals surface area contributed by atoms with Crippen LogP contribution >= 0.6 is 15.8 Å². The van der Waals surface area contributed by atoms with Crippen molar-refractivity contribution < 1.29 is 0 Å². The summed E-state index contributed by atoms with van der Waals surface area (Å²) in [5, 5.41) is 5.83. The van der Waals surface area contributed by atoms with E-state index in [2.05, 4.69) is 142 Å². The van der Waals surface area contributed by atoms with Gasteiger partial charge in [-0.15, -0.1) is 0 Å². The number of rotatable bonds is 7. The van der Waals surface area contributed by atoms with Crippen LogP contribution in [0.2, 0.25) is 0 Å². The number of benzene rings is 4. The minimum Gasteiger partial charge on any atom is -0.0622 e. The fourth-order valence-electron chi connectivity index (χ4n) is 4.27. The Bertz CT molecular complexity index is 899. The van der Waals surface area contributed by atoms with Crippen molar-refractivity contribution in [2.75, 3.05) is 0 Å². The molecule has 0 bridgehead atoms. The minimum atomic E-state index is -0.594. The SMILES string of the molecule is CC(C)C(C)(P(c1ccccc1)c1ccccc1)P(c1ccccc1)c1ccccc1. The molecule has 0 N–H and O–H groups in total. The molecule has 0 saturated carbocycles. The van der Waals surface area contributed by atoms with Crippen LogP contribution in [-0.4, -0.2) is 4.90 Å². The van der Waals surface area contributed by atoms with E-state index in [1.54, 1.807) is 0 Å². The van der Waals surface area contributed by atoms with Gasteiger partial charge in [0.25, 0.3) is 0 Å². The Morgan fingerprint density at radius 3 is 0.871 bits per heavy atom. The molecule has 0 aliphatic rings. The molecule has 2 heteroatoms. The lowest BCUT2D eigenvalue weighted by molar-refractivity contribution is 0.594. The summed E-state index contributed by atoms with van der Waals surface area (Å²) in [6.45, 7) is 7.39. The van der Waals surface area contributed by atoms with E-state index < -0.39 is 15.8 Å². The molecule has 0 aliphatic carbocycles. The average molecular weight is 441 g/mol. The molecule has 31 heavy (non-hydrogen) atoms. The topological polar surface area (TPSA) is 0 Å². The molecule has 156 valence electrons. The third-order valence-electron chi connectivity index (χ3n) is 6.06. The quantitative estimate of drug-likeness (QED) is 0.283. The fourth-order valence-corrected chi connectivity index (χ4v) is 12.1. The van der Waals surface area contributed by atoms with Crippen LogP contribution in [0.3, 0.4) is 0 Å². The summed E-state index contributed by atoms with van der Waals surface area (Å²) in [6.07, 6.45) is 0. The predicted molar refractivity (Wildman–Crippen MR) is 141 cm³/mol. The van der Waals surface area contributed by atoms with Gasteiger partial charge in [-0.2, -0.15) is 0 Å². The molecule has 0 heterocycles. The molecule has 0 unspecified atom stereocenters. The molecule has 0 amide bonds. The predicted octanol–water partition coefficient (Wildman–Crippen LogP) is 6.62. The zero-order valence-electron chi connectivity index (χ0n) is 18.5. The number of hydrogen-bond donors (Lipinski definition) is 0. The van der Waals surface area contributed by atoms with E-state index >= 15 is 0 Å². The second-order valence-corrected chi connectivity index (χ2v) is 13.9. The van der Waals surface area contributed by atoms with Crippen LogP contribution in [-0.2, 0) is 0 Å². The van der Waals surface area contributed by atoms with Crippen molar-refractivity contribution >= 4 is 37.1 Å². The molecule has 0 aliphatic heterocycles.